The van der Waals surface area contributed by atoms with E-state index in [1.807, 2.05) is 13.8 Å². The number of nitrogens with one attached hydrogen (secondary N) is 1. The Hall–Kier alpha value is -1.58. The second kappa shape index (κ2) is 4.60. The number of hydrogen-bond acceptors (Lipinski definition) is 3. The molecule has 1 rings (SSSR count). The van der Waals surface area contributed by atoms with E-state index in [-0.39, 0.29) is 11.8 Å². The fraction of sp³-hybridized carbons (Fsp3) is 0.400. The fourth-order valence-electron chi connectivity index (χ4n) is 0.808. The number of carbonyl (C=O) groups excluding carboxylic acids is 1. The van der Waals surface area contributed by atoms with Crippen LogP contribution in [0.5, 0.6) is 0 Å². The molecule has 14 heavy (non-hydrogen) atoms. The van der Waals surface area contributed by atoms with E-state index in [1.54, 1.807) is 25.3 Å². The Bertz CT molecular complexity index is 326. The van der Waals surface area contributed by atoms with Crippen LogP contribution in [0.25, 0.3) is 0 Å². The van der Waals surface area contributed by atoms with E-state index < -0.39 is 0 Å². The lowest BCUT2D eigenvalue weighted by Crippen LogP contribution is -2.23. The lowest BCUT2D eigenvalue weighted by atomic mass is 10.2. The lowest BCUT2D eigenvalue weighted by Gasteiger charge is -2.02. The van der Waals surface area contributed by atoms with Gasteiger partial charge in [0.05, 0.1) is 6.26 Å². The molecule has 0 aliphatic carbocycles. The summed E-state index contributed by atoms with van der Waals surface area (Å²) in [5.41, 5.74) is 3.12. The third-order valence-electron chi connectivity index (χ3n) is 1.74. The van der Waals surface area contributed by atoms with Gasteiger partial charge in [0.25, 0.3) is 0 Å². The van der Waals surface area contributed by atoms with Gasteiger partial charge in [-0.25, -0.2) is 5.43 Å². The lowest BCUT2D eigenvalue weighted by molar-refractivity contribution is -0.123. The summed E-state index contributed by atoms with van der Waals surface area (Å²) >= 11 is 0. The van der Waals surface area contributed by atoms with Crippen molar-refractivity contribution in [1.29, 1.82) is 0 Å². The topological polar surface area (TPSA) is 54.6 Å². The van der Waals surface area contributed by atoms with Crippen molar-refractivity contribution in [2.75, 3.05) is 0 Å². The molecule has 1 aromatic rings. The minimum atomic E-state index is -0.101. The molecule has 1 aromatic heterocycles. The van der Waals surface area contributed by atoms with E-state index >= 15 is 0 Å². The smallest absolute Gasteiger partial charge is 0.242 e. The molecule has 0 atom stereocenters. The Morgan fingerprint density at radius 1 is 1.57 bits per heavy atom. The summed E-state index contributed by atoms with van der Waals surface area (Å²) < 4.78 is 5.11. The number of nitrogens with zero attached hydrogens (tertiary/aromatic N) is 1. The van der Waals surface area contributed by atoms with E-state index in [0.717, 1.165) is 0 Å². The van der Waals surface area contributed by atoms with Crippen molar-refractivity contribution in [3.8, 4) is 0 Å². The molecule has 0 unspecified atom stereocenters. The fourth-order valence-corrected chi connectivity index (χ4v) is 0.808. The maximum atomic E-state index is 11.2. The second-order valence-electron chi connectivity index (χ2n) is 3.31. The zero-order chi connectivity index (χ0) is 10.6. The number of hydrazone groups is 1. The highest BCUT2D eigenvalue weighted by Crippen LogP contribution is 2.01. The predicted molar refractivity (Wildman–Crippen MR) is 53.9 cm³/mol. The Labute approximate surface area is 83.0 Å². The Balaban J connectivity index is 2.58. The number of furan rings is 1. The molecule has 0 aromatic carbocycles. The molecule has 0 aliphatic rings. The standard InChI is InChI=1S/C10H14N2O2/c1-7(2)10(13)12-11-8(3)9-5-4-6-14-9/h4-7H,1-3H3,(H,12,13). The largest absolute Gasteiger partial charge is 0.463 e. The first-order valence-corrected chi connectivity index (χ1v) is 4.49. The van der Waals surface area contributed by atoms with Gasteiger partial charge in [0.2, 0.25) is 5.91 Å². The van der Waals surface area contributed by atoms with Gasteiger partial charge < -0.3 is 4.42 Å². The Morgan fingerprint density at radius 3 is 2.79 bits per heavy atom. The zero-order valence-electron chi connectivity index (χ0n) is 8.57. The van der Waals surface area contributed by atoms with Crippen molar-refractivity contribution in [2.24, 2.45) is 11.0 Å². The van der Waals surface area contributed by atoms with Gasteiger partial charge in [-0.1, -0.05) is 13.8 Å². The van der Waals surface area contributed by atoms with Crippen LogP contribution in [-0.4, -0.2) is 11.6 Å². The van der Waals surface area contributed by atoms with Crippen molar-refractivity contribution < 1.29 is 9.21 Å². The van der Waals surface area contributed by atoms with Gasteiger partial charge in [0, 0.05) is 5.92 Å². The Kier molecular flexibility index (Phi) is 3.45. The maximum Gasteiger partial charge on any atom is 0.242 e. The first-order chi connectivity index (χ1) is 6.61. The van der Waals surface area contributed by atoms with Crippen LogP contribution in [0.1, 0.15) is 26.5 Å². The van der Waals surface area contributed by atoms with E-state index in [4.69, 9.17) is 4.42 Å². The molecule has 1 N–H and O–H groups in total. The summed E-state index contributed by atoms with van der Waals surface area (Å²) in [4.78, 5) is 11.2. The molecule has 0 radical (unpaired) electrons. The van der Waals surface area contributed by atoms with Crippen LogP contribution in [0.15, 0.2) is 27.9 Å². The average molecular weight is 194 g/mol. The van der Waals surface area contributed by atoms with E-state index in [0.29, 0.717) is 11.5 Å². The first kappa shape index (κ1) is 10.5. The van der Waals surface area contributed by atoms with Gasteiger partial charge in [-0.2, -0.15) is 5.10 Å². The molecule has 1 heterocycles. The van der Waals surface area contributed by atoms with Gasteiger partial charge in [-0.05, 0) is 19.1 Å². The molecule has 4 heteroatoms. The number of rotatable bonds is 3. The summed E-state index contributed by atoms with van der Waals surface area (Å²) in [7, 11) is 0. The van der Waals surface area contributed by atoms with E-state index in [2.05, 4.69) is 10.5 Å². The summed E-state index contributed by atoms with van der Waals surface area (Å²) in [6, 6.07) is 3.57. The van der Waals surface area contributed by atoms with Crippen molar-refractivity contribution >= 4 is 11.6 Å². The van der Waals surface area contributed by atoms with Crippen LogP contribution in [-0.2, 0) is 4.79 Å². The van der Waals surface area contributed by atoms with Crippen LogP contribution in [0.2, 0.25) is 0 Å². The van der Waals surface area contributed by atoms with Crippen LogP contribution in [0.4, 0.5) is 0 Å². The van der Waals surface area contributed by atoms with Crippen LogP contribution in [0, 0.1) is 5.92 Å². The summed E-state index contributed by atoms with van der Waals surface area (Å²) in [5.74, 6) is 0.494. The van der Waals surface area contributed by atoms with Crippen molar-refractivity contribution in [1.82, 2.24) is 5.43 Å². The predicted octanol–water partition coefficient (Wildman–Crippen LogP) is 1.78. The molecule has 0 spiro atoms. The van der Waals surface area contributed by atoms with Crippen LogP contribution >= 0.6 is 0 Å². The first-order valence-electron chi connectivity index (χ1n) is 4.49. The van der Waals surface area contributed by atoms with E-state index in [1.165, 1.54) is 0 Å². The zero-order valence-corrected chi connectivity index (χ0v) is 8.57. The highest BCUT2D eigenvalue weighted by atomic mass is 16.3. The molecule has 0 bridgehead atoms. The number of amides is 1. The summed E-state index contributed by atoms with van der Waals surface area (Å²) in [6.45, 7) is 5.40. The highest BCUT2D eigenvalue weighted by molar-refractivity contribution is 5.96. The minimum absolute atomic E-state index is 0.0665. The van der Waals surface area contributed by atoms with Crippen molar-refractivity contribution in [3.05, 3.63) is 24.2 Å². The molecule has 0 aliphatic heterocycles. The average Bonchev–Trinajstić information content (AvgIpc) is 2.66. The van der Waals surface area contributed by atoms with Crippen molar-refractivity contribution in [3.63, 3.8) is 0 Å². The number of carbonyl (C=O) groups is 1. The van der Waals surface area contributed by atoms with Gasteiger partial charge >= 0.3 is 0 Å². The van der Waals surface area contributed by atoms with Gasteiger partial charge in [-0.15, -0.1) is 0 Å². The third-order valence-corrected chi connectivity index (χ3v) is 1.74. The second-order valence-corrected chi connectivity index (χ2v) is 3.31. The summed E-state index contributed by atoms with van der Waals surface area (Å²) in [5, 5.41) is 3.91. The van der Waals surface area contributed by atoms with Crippen LogP contribution < -0.4 is 5.43 Å². The van der Waals surface area contributed by atoms with Gasteiger partial charge in [0.1, 0.15) is 11.5 Å². The molecule has 76 valence electrons. The van der Waals surface area contributed by atoms with Crippen molar-refractivity contribution in [2.45, 2.75) is 20.8 Å². The molecular weight excluding hydrogens is 180 g/mol. The molecule has 0 fully saturated rings. The monoisotopic (exact) mass is 194 g/mol. The SMILES string of the molecule is CC(=NNC(=O)C(C)C)c1ccco1. The molecule has 4 nitrogen and oxygen atoms in total. The Morgan fingerprint density at radius 2 is 2.29 bits per heavy atom. The molecule has 0 saturated heterocycles. The third kappa shape index (κ3) is 2.73. The summed E-state index contributed by atoms with van der Waals surface area (Å²) in [6.07, 6.45) is 1.57. The maximum absolute atomic E-state index is 11.2. The number of hydrogen-bond donors (Lipinski definition) is 1. The van der Waals surface area contributed by atoms with Gasteiger partial charge in [-0.3, -0.25) is 4.79 Å². The van der Waals surface area contributed by atoms with E-state index in [9.17, 15) is 4.79 Å². The van der Waals surface area contributed by atoms with Gasteiger partial charge in [0.15, 0.2) is 0 Å². The highest BCUT2D eigenvalue weighted by Gasteiger charge is 2.05. The normalized spacial score (nSPS) is 11.9. The van der Waals surface area contributed by atoms with Crippen LogP contribution in [0.3, 0.4) is 0 Å². The quantitative estimate of drug-likeness (QED) is 0.589. The molecule has 0 saturated carbocycles. The minimum Gasteiger partial charge on any atom is -0.463 e. The molecule has 1 amide bonds. The molecular formula is C10H14N2O2.